The standard InChI is InChI=1S/C29H48O2/c1-7-21(19(2)3)9-8-20(4)24-14-17-29(31)26-11-10-22-18-23(30)12-15-27(22,5)25(26)13-16-28(24,29)6/h8-10,19-21,23-26,30-31H,7,11-18H2,1-6H3. The molecule has 3 saturated carbocycles. The van der Waals surface area contributed by atoms with Crippen molar-refractivity contribution in [2.24, 2.45) is 46.3 Å². The van der Waals surface area contributed by atoms with Gasteiger partial charge in [0.15, 0.2) is 0 Å². The van der Waals surface area contributed by atoms with E-state index in [1.807, 2.05) is 0 Å². The van der Waals surface area contributed by atoms with Crippen LogP contribution in [0.2, 0.25) is 0 Å². The van der Waals surface area contributed by atoms with Gasteiger partial charge in [0.25, 0.3) is 0 Å². The Morgan fingerprint density at radius 3 is 2.45 bits per heavy atom. The Balaban J connectivity index is 1.58. The summed E-state index contributed by atoms with van der Waals surface area (Å²) in [5.74, 6) is 3.42. The van der Waals surface area contributed by atoms with Crippen LogP contribution in [0.5, 0.6) is 0 Å². The predicted octanol–water partition coefficient (Wildman–Crippen LogP) is 6.92. The number of hydrogen-bond acceptors (Lipinski definition) is 2. The molecule has 2 nitrogen and oxygen atoms in total. The summed E-state index contributed by atoms with van der Waals surface area (Å²) in [5, 5.41) is 22.6. The van der Waals surface area contributed by atoms with Crippen LogP contribution in [0.1, 0.15) is 99.3 Å². The molecule has 4 aliphatic rings. The average Bonchev–Trinajstić information content (AvgIpc) is 3.00. The highest BCUT2D eigenvalue weighted by Crippen LogP contribution is 2.68. The third-order valence-corrected chi connectivity index (χ3v) is 11.0. The van der Waals surface area contributed by atoms with Crippen molar-refractivity contribution in [2.45, 2.75) is 111 Å². The van der Waals surface area contributed by atoms with Crippen molar-refractivity contribution in [1.82, 2.24) is 0 Å². The van der Waals surface area contributed by atoms with E-state index in [2.05, 4.69) is 59.8 Å². The predicted molar refractivity (Wildman–Crippen MR) is 130 cm³/mol. The number of allylic oxidation sites excluding steroid dienone is 3. The minimum absolute atomic E-state index is 0.0212. The van der Waals surface area contributed by atoms with Crippen molar-refractivity contribution in [2.75, 3.05) is 0 Å². The van der Waals surface area contributed by atoms with E-state index in [0.717, 1.165) is 44.9 Å². The molecule has 0 heterocycles. The third kappa shape index (κ3) is 3.59. The first-order chi connectivity index (χ1) is 14.6. The first kappa shape index (κ1) is 23.6. The summed E-state index contributed by atoms with van der Waals surface area (Å²) >= 11 is 0. The van der Waals surface area contributed by atoms with Gasteiger partial charge in [0, 0.05) is 0 Å². The minimum atomic E-state index is -0.536. The van der Waals surface area contributed by atoms with Gasteiger partial charge in [0.05, 0.1) is 11.7 Å². The van der Waals surface area contributed by atoms with Gasteiger partial charge in [-0.1, -0.05) is 65.3 Å². The van der Waals surface area contributed by atoms with Gasteiger partial charge in [-0.2, -0.15) is 0 Å². The molecule has 4 rings (SSSR count). The number of hydrogen-bond donors (Lipinski definition) is 2. The lowest BCUT2D eigenvalue weighted by atomic mass is 9.45. The van der Waals surface area contributed by atoms with Gasteiger partial charge in [-0.15, -0.1) is 0 Å². The van der Waals surface area contributed by atoms with Gasteiger partial charge in [0.2, 0.25) is 0 Å². The van der Waals surface area contributed by atoms with Gasteiger partial charge in [-0.05, 0) is 104 Å². The molecule has 0 saturated heterocycles. The molecule has 4 aliphatic carbocycles. The molecule has 0 amide bonds. The molecule has 176 valence electrons. The summed E-state index contributed by atoms with van der Waals surface area (Å²) in [6.07, 6.45) is 16.8. The molecule has 0 aromatic rings. The van der Waals surface area contributed by atoms with E-state index in [0.29, 0.717) is 35.5 Å². The lowest BCUT2D eigenvalue weighted by Gasteiger charge is -2.61. The van der Waals surface area contributed by atoms with Crippen LogP contribution in [0.3, 0.4) is 0 Å². The smallest absolute Gasteiger partial charge is 0.0737 e. The Morgan fingerprint density at radius 2 is 1.77 bits per heavy atom. The largest absolute Gasteiger partial charge is 0.393 e. The Kier molecular flexibility index (Phi) is 6.32. The highest BCUT2D eigenvalue weighted by molar-refractivity contribution is 5.28. The zero-order chi connectivity index (χ0) is 22.6. The molecule has 9 atom stereocenters. The van der Waals surface area contributed by atoms with Gasteiger partial charge >= 0.3 is 0 Å². The molecule has 31 heavy (non-hydrogen) atoms. The summed E-state index contributed by atoms with van der Waals surface area (Å²) in [6, 6.07) is 0. The van der Waals surface area contributed by atoms with Crippen molar-refractivity contribution in [1.29, 1.82) is 0 Å². The van der Waals surface area contributed by atoms with Crippen molar-refractivity contribution in [3.63, 3.8) is 0 Å². The van der Waals surface area contributed by atoms with E-state index in [9.17, 15) is 10.2 Å². The second-order valence-electron chi connectivity index (χ2n) is 12.6. The van der Waals surface area contributed by atoms with Gasteiger partial charge < -0.3 is 10.2 Å². The Bertz CT molecular complexity index is 722. The molecule has 3 fully saturated rings. The van der Waals surface area contributed by atoms with Crippen molar-refractivity contribution in [3.05, 3.63) is 23.8 Å². The van der Waals surface area contributed by atoms with E-state index in [1.165, 1.54) is 18.4 Å². The lowest BCUT2D eigenvalue weighted by molar-refractivity contribution is -0.181. The molecule has 0 bridgehead atoms. The maximum Gasteiger partial charge on any atom is 0.0737 e. The molecule has 2 heteroatoms. The molecule has 0 aliphatic heterocycles. The molecule has 0 aromatic heterocycles. The molecular weight excluding hydrogens is 380 g/mol. The molecule has 9 unspecified atom stereocenters. The topological polar surface area (TPSA) is 40.5 Å². The first-order valence-corrected chi connectivity index (χ1v) is 13.3. The summed E-state index contributed by atoms with van der Waals surface area (Å²) in [6.45, 7) is 14.2. The van der Waals surface area contributed by atoms with Gasteiger partial charge in [-0.25, -0.2) is 0 Å². The van der Waals surface area contributed by atoms with Crippen molar-refractivity contribution >= 4 is 0 Å². The monoisotopic (exact) mass is 428 g/mol. The zero-order valence-corrected chi connectivity index (χ0v) is 21.0. The number of aliphatic hydroxyl groups excluding tert-OH is 1. The number of fused-ring (bicyclic) bond motifs is 5. The second-order valence-corrected chi connectivity index (χ2v) is 12.6. The van der Waals surface area contributed by atoms with Crippen LogP contribution >= 0.6 is 0 Å². The second kappa shape index (κ2) is 8.32. The molecule has 0 spiro atoms. The highest BCUT2D eigenvalue weighted by atomic mass is 16.3. The quantitative estimate of drug-likeness (QED) is 0.467. The SMILES string of the molecule is CCC(C=CC(C)C1CCC2(O)C3CC=C4CC(O)CCC4(C)C3CCC12C)C(C)C. The van der Waals surface area contributed by atoms with Crippen LogP contribution in [0, 0.1) is 46.3 Å². The third-order valence-electron chi connectivity index (χ3n) is 11.0. The number of aliphatic hydroxyl groups is 2. The van der Waals surface area contributed by atoms with Crippen LogP contribution in [0.4, 0.5) is 0 Å². The van der Waals surface area contributed by atoms with Crippen LogP contribution in [-0.2, 0) is 0 Å². The van der Waals surface area contributed by atoms with Crippen LogP contribution in [0.25, 0.3) is 0 Å². The van der Waals surface area contributed by atoms with Crippen molar-refractivity contribution < 1.29 is 10.2 Å². The fourth-order valence-corrected chi connectivity index (χ4v) is 8.77. The summed E-state index contributed by atoms with van der Waals surface area (Å²) in [5.41, 5.74) is 1.16. The van der Waals surface area contributed by atoms with Gasteiger partial charge in [-0.3, -0.25) is 0 Å². The van der Waals surface area contributed by atoms with Crippen LogP contribution in [-0.4, -0.2) is 21.9 Å². The molecular formula is C29H48O2. The first-order valence-electron chi connectivity index (χ1n) is 13.3. The van der Waals surface area contributed by atoms with E-state index in [-0.39, 0.29) is 16.9 Å². The van der Waals surface area contributed by atoms with E-state index >= 15 is 0 Å². The van der Waals surface area contributed by atoms with Gasteiger partial charge in [0.1, 0.15) is 0 Å². The maximum absolute atomic E-state index is 12.4. The average molecular weight is 429 g/mol. The van der Waals surface area contributed by atoms with Crippen LogP contribution < -0.4 is 0 Å². The number of rotatable bonds is 5. The lowest BCUT2D eigenvalue weighted by Crippen LogP contribution is -2.60. The Morgan fingerprint density at radius 1 is 1.03 bits per heavy atom. The Hall–Kier alpha value is -0.600. The molecule has 2 N–H and O–H groups in total. The zero-order valence-electron chi connectivity index (χ0n) is 21.0. The Labute approximate surface area is 191 Å². The highest BCUT2D eigenvalue weighted by Gasteiger charge is 2.66. The minimum Gasteiger partial charge on any atom is -0.393 e. The summed E-state index contributed by atoms with van der Waals surface area (Å²) in [7, 11) is 0. The summed E-state index contributed by atoms with van der Waals surface area (Å²) < 4.78 is 0. The fraction of sp³-hybridized carbons (Fsp3) is 0.862. The van der Waals surface area contributed by atoms with E-state index in [1.54, 1.807) is 0 Å². The van der Waals surface area contributed by atoms with E-state index in [4.69, 9.17) is 0 Å². The summed E-state index contributed by atoms with van der Waals surface area (Å²) in [4.78, 5) is 0. The molecule has 0 aromatic carbocycles. The van der Waals surface area contributed by atoms with Crippen molar-refractivity contribution in [3.8, 4) is 0 Å². The normalized spacial score (nSPS) is 46.9. The van der Waals surface area contributed by atoms with Crippen LogP contribution in [0.15, 0.2) is 23.8 Å². The van der Waals surface area contributed by atoms with E-state index < -0.39 is 5.60 Å². The molecule has 0 radical (unpaired) electrons. The fourth-order valence-electron chi connectivity index (χ4n) is 8.77. The maximum atomic E-state index is 12.4.